The van der Waals surface area contributed by atoms with E-state index in [1.165, 1.54) is 11.3 Å². The summed E-state index contributed by atoms with van der Waals surface area (Å²) in [5.74, 6) is 0.317. The van der Waals surface area contributed by atoms with Crippen molar-refractivity contribution in [2.45, 2.75) is 6.92 Å². The number of aromatic carboxylic acids is 1. The molecule has 0 spiro atoms. The summed E-state index contributed by atoms with van der Waals surface area (Å²) in [5.41, 5.74) is 1.41. The molecule has 2 aromatic carbocycles. The van der Waals surface area contributed by atoms with Gasteiger partial charge in [-0.05, 0) is 31.2 Å². The van der Waals surface area contributed by atoms with E-state index in [2.05, 4.69) is 4.98 Å². The van der Waals surface area contributed by atoms with Crippen molar-refractivity contribution >= 4 is 32.5 Å². The molecular weight excluding hydrogens is 312 g/mol. The maximum Gasteiger partial charge on any atom is 0.354 e. The maximum atomic E-state index is 11.6. The second-order valence-electron chi connectivity index (χ2n) is 5.09. The summed E-state index contributed by atoms with van der Waals surface area (Å²) >= 11 is 1.45. The van der Waals surface area contributed by atoms with Gasteiger partial charge in [0.1, 0.15) is 11.3 Å². The third kappa shape index (κ3) is 2.15. The molecule has 0 amide bonds. The van der Waals surface area contributed by atoms with Crippen LogP contribution < -0.4 is 4.74 Å². The molecule has 23 heavy (non-hydrogen) atoms. The number of nitrogens with zero attached hydrogens (tertiary/aromatic N) is 2. The zero-order valence-corrected chi connectivity index (χ0v) is 13.0. The van der Waals surface area contributed by atoms with Gasteiger partial charge in [0.15, 0.2) is 16.4 Å². The third-order valence-corrected chi connectivity index (χ3v) is 4.59. The monoisotopic (exact) mass is 324 g/mol. The van der Waals surface area contributed by atoms with Gasteiger partial charge >= 0.3 is 5.97 Å². The summed E-state index contributed by atoms with van der Waals surface area (Å²) in [4.78, 5) is 16.6. The van der Waals surface area contributed by atoms with Gasteiger partial charge in [0, 0.05) is 0 Å². The molecular formula is C17H12N2O3S. The highest BCUT2D eigenvalue weighted by Gasteiger charge is 2.21. The van der Waals surface area contributed by atoms with Gasteiger partial charge in [0.05, 0.1) is 10.4 Å². The first-order chi connectivity index (χ1) is 11.1. The second kappa shape index (κ2) is 5.10. The Balaban J connectivity index is 2.01. The summed E-state index contributed by atoms with van der Waals surface area (Å²) in [6, 6.07) is 15.1. The molecule has 0 aliphatic rings. The number of aryl methyl sites for hydroxylation is 1. The van der Waals surface area contributed by atoms with Gasteiger partial charge in [-0.1, -0.05) is 35.6 Å². The molecule has 0 fully saturated rings. The average Bonchev–Trinajstić information content (AvgIpc) is 3.02. The first-order valence-electron chi connectivity index (χ1n) is 7.02. The normalized spacial score (nSPS) is 11.2. The number of hydrogen-bond donors (Lipinski definition) is 1. The van der Waals surface area contributed by atoms with Crippen molar-refractivity contribution in [2.75, 3.05) is 0 Å². The predicted molar refractivity (Wildman–Crippen MR) is 88.8 cm³/mol. The van der Waals surface area contributed by atoms with Crippen LogP contribution in [0, 0.1) is 6.92 Å². The van der Waals surface area contributed by atoms with Crippen LogP contribution in [0.2, 0.25) is 0 Å². The van der Waals surface area contributed by atoms with Crippen LogP contribution in [0.3, 0.4) is 0 Å². The van der Waals surface area contributed by atoms with Crippen LogP contribution in [0.5, 0.6) is 11.5 Å². The minimum absolute atomic E-state index is 0.176. The van der Waals surface area contributed by atoms with Crippen molar-refractivity contribution < 1.29 is 14.6 Å². The molecule has 1 N–H and O–H groups in total. The van der Waals surface area contributed by atoms with Gasteiger partial charge in [-0.25, -0.2) is 9.78 Å². The Hall–Kier alpha value is -2.86. The van der Waals surface area contributed by atoms with E-state index in [4.69, 9.17) is 4.74 Å². The summed E-state index contributed by atoms with van der Waals surface area (Å²) in [5, 5.41) is 9.51. The number of aromatic nitrogens is 2. The first kappa shape index (κ1) is 13.8. The van der Waals surface area contributed by atoms with Crippen molar-refractivity contribution in [2.24, 2.45) is 0 Å². The van der Waals surface area contributed by atoms with Gasteiger partial charge in [0.2, 0.25) is 0 Å². The highest BCUT2D eigenvalue weighted by Crippen LogP contribution is 2.36. The van der Waals surface area contributed by atoms with E-state index < -0.39 is 5.97 Å². The Morgan fingerprint density at radius 2 is 1.96 bits per heavy atom. The van der Waals surface area contributed by atoms with E-state index in [0.29, 0.717) is 22.2 Å². The number of imidazole rings is 1. The SMILES string of the molecule is Cc1nc2sc3cccc(Oc4ccccc4)c3n2c1C(=O)O. The molecule has 5 nitrogen and oxygen atoms in total. The Morgan fingerprint density at radius 1 is 1.17 bits per heavy atom. The number of hydrogen-bond acceptors (Lipinski definition) is 4. The Labute approximate surface area is 135 Å². The maximum absolute atomic E-state index is 11.6. The lowest BCUT2D eigenvalue weighted by atomic mass is 10.3. The topological polar surface area (TPSA) is 63.8 Å². The third-order valence-electron chi connectivity index (χ3n) is 3.58. The van der Waals surface area contributed by atoms with E-state index >= 15 is 0 Å². The molecule has 0 atom stereocenters. The molecule has 0 bridgehead atoms. The van der Waals surface area contributed by atoms with Crippen molar-refractivity contribution in [3.05, 3.63) is 59.9 Å². The molecule has 2 heterocycles. The number of carboxylic acid groups (broad SMARTS) is 1. The lowest BCUT2D eigenvalue weighted by Gasteiger charge is -2.07. The fraction of sp³-hybridized carbons (Fsp3) is 0.0588. The number of para-hydroxylation sites is 2. The van der Waals surface area contributed by atoms with Crippen molar-refractivity contribution in [3.63, 3.8) is 0 Å². The van der Waals surface area contributed by atoms with E-state index in [1.54, 1.807) is 11.3 Å². The van der Waals surface area contributed by atoms with E-state index in [0.717, 1.165) is 10.2 Å². The number of rotatable bonds is 3. The largest absolute Gasteiger partial charge is 0.477 e. The fourth-order valence-corrected chi connectivity index (χ4v) is 3.72. The molecule has 0 saturated carbocycles. The summed E-state index contributed by atoms with van der Waals surface area (Å²) in [6.45, 7) is 1.70. The molecule has 0 aliphatic carbocycles. The lowest BCUT2D eigenvalue weighted by Crippen LogP contribution is -2.03. The van der Waals surface area contributed by atoms with Gasteiger partial charge in [0.25, 0.3) is 0 Å². The first-order valence-corrected chi connectivity index (χ1v) is 7.83. The standard InChI is InChI=1S/C17H12N2O3S/c1-10-14(16(20)21)19-15-12(22-11-6-3-2-4-7-11)8-5-9-13(15)23-17(19)18-10/h2-9H,1H3,(H,20,21). The molecule has 0 saturated heterocycles. The Kier molecular flexibility index (Phi) is 3.06. The highest BCUT2D eigenvalue weighted by atomic mass is 32.1. The van der Waals surface area contributed by atoms with Crippen molar-refractivity contribution in [1.82, 2.24) is 9.38 Å². The number of carbonyl (C=O) groups is 1. The van der Waals surface area contributed by atoms with Crippen LogP contribution in [-0.4, -0.2) is 20.5 Å². The number of carboxylic acids is 1. The molecule has 4 rings (SSSR count). The molecule has 0 radical (unpaired) electrons. The summed E-state index contributed by atoms with van der Waals surface area (Å²) in [6.07, 6.45) is 0. The smallest absolute Gasteiger partial charge is 0.354 e. The highest BCUT2D eigenvalue weighted by molar-refractivity contribution is 7.23. The van der Waals surface area contributed by atoms with Gasteiger partial charge in [-0.2, -0.15) is 0 Å². The number of thiazole rings is 1. The number of benzene rings is 2. The molecule has 4 aromatic rings. The molecule has 0 unspecified atom stereocenters. The minimum atomic E-state index is -0.996. The zero-order valence-electron chi connectivity index (χ0n) is 12.2. The Bertz CT molecular complexity index is 1030. The van der Waals surface area contributed by atoms with Crippen LogP contribution in [0.4, 0.5) is 0 Å². The van der Waals surface area contributed by atoms with E-state index in [9.17, 15) is 9.90 Å². The summed E-state index contributed by atoms with van der Waals surface area (Å²) < 4.78 is 8.56. The van der Waals surface area contributed by atoms with Gasteiger partial charge in [-0.3, -0.25) is 4.40 Å². The van der Waals surface area contributed by atoms with Crippen molar-refractivity contribution in [3.8, 4) is 11.5 Å². The minimum Gasteiger partial charge on any atom is -0.477 e. The predicted octanol–water partition coefficient (Wildman–Crippen LogP) is 4.35. The average molecular weight is 324 g/mol. The van der Waals surface area contributed by atoms with Crippen LogP contribution in [0.1, 0.15) is 16.2 Å². The van der Waals surface area contributed by atoms with Gasteiger partial charge < -0.3 is 9.84 Å². The van der Waals surface area contributed by atoms with E-state index in [-0.39, 0.29) is 5.69 Å². The molecule has 114 valence electrons. The Morgan fingerprint density at radius 3 is 2.70 bits per heavy atom. The number of ether oxygens (including phenoxy) is 1. The quantitative estimate of drug-likeness (QED) is 0.608. The van der Waals surface area contributed by atoms with E-state index in [1.807, 2.05) is 48.5 Å². The fourth-order valence-electron chi connectivity index (χ4n) is 2.63. The van der Waals surface area contributed by atoms with Gasteiger partial charge in [-0.15, -0.1) is 0 Å². The summed E-state index contributed by atoms with van der Waals surface area (Å²) in [7, 11) is 0. The molecule has 0 aliphatic heterocycles. The molecule has 2 aromatic heterocycles. The second-order valence-corrected chi connectivity index (χ2v) is 6.10. The van der Waals surface area contributed by atoms with Crippen molar-refractivity contribution in [1.29, 1.82) is 0 Å². The van der Waals surface area contributed by atoms with Crippen LogP contribution in [0.25, 0.3) is 15.2 Å². The van der Waals surface area contributed by atoms with Crippen LogP contribution in [-0.2, 0) is 0 Å². The van der Waals surface area contributed by atoms with Crippen LogP contribution in [0.15, 0.2) is 48.5 Å². The molecule has 6 heteroatoms. The van der Waals surface area contributed by atoms with Crippen LogP contribution >= 0.6 is 11.3 Å². The lowest BCUT2D eigenvalue weighted by molar-refractivity contribution is 0.0689. The zero-order chi connectivity index (χ0) is 16.0. The number of fused-ring (bicyclic) bond motifs is 3.